The minimum atomic E-state index is -1.10. The molecule has 0 fully saturated rings. The Morgan fingerprint density at radius 2 is 2.14 bits per heavy atom. The van der Waals surface area contributed by atoms with E-state index >= 15 is 0 Å². The smallest absolute Gasteiger partial charge is 0.348 e. The van der Waals surface area contributed by atoms with Gasteiger partial charge in [0.15, 0.2) is 0 Å². The highest BCUT2D eigenvalue weighted by Crippen LogP contribution is 2.42. The maximum atomic E-state index is 11.1. The first kappa shape index (κ1) is 14.8. The number of hydrogen-bond donors (Lipinski definition) is 2. The summed E-state index contributed by atoms with van der Waals surface area (Å²) in [7, 11) is 1.40. The summed E-state index contributed by atoms with van der Waals surface area (Å²) in [6.07, 6.45) is 0. The van der Waals surface area contributed by atoms with Gasteiger partial charge in [-0.3, -0.25) is 10.1 Å². The van der Waals surface area contributed by atoms with Gasteiger partial charge >= 0.3 is 5.97 Å². The largest absolute Gasteiger partial charge is 0.496 e. The SMILES string of the molecule is COc1cc([N+](=O)[O-])ccc1-c1sc(C(=O)O)c(N)c1C. The number of nitrogen functional groups attached to an aromatic ring is 1. The number of nitrogens with zero attached hydrogens (tertiary/aromatic N) is 1. The summed E-state index contributed by atoms with van der Waals surface area (Å²) in [5.41, 5.74) is 7.08. The first-order valence-corrected chi connectivity index (χ1v) is 6.63. The molecule has 2 aromatic rings. The van der Waals surface area contributed by atoms with Crippen LogP contribution in [0, 0.1) is 17.0 Å². The Balaban J connectivity index is 2.64. The van der Waals surface area contributed by atoms with Gasteiger partial charge in [-0.1, -0.05) is 0 Å². The Morgan fingerprint density at radius 1 is 1.48 bits per heavy atom. The number of thiophene rings is 1. The van der Waals surface area contributed by atoms with Crippen LogP contribution in [0.1, 0.15) is 15.2 Å². The molecule has 0 aliphatic carbocycles. The summed E-state index contributed by atoms with van der Waals surface area (Å²) in [5.74, 6) is -0.807. The first-order chi connectivity index (χ1) is 9.86. The maximum absolute atomic E-state index is 11.1. The number of anilines is 1. The molecule has 0 spiro atoms. The molecule has 2 rings (SSSR count). The third-order valence-corrected chi connectivity index (χ3v) is 4.36. The number of nitro benzene ring substituents is 1. The van der Waals surface area contributed by atoms with E-state index in [9.17, 15) is 14.9 Å². The Hall–Kier alpha value is -2.61. The zero-order chi connectivity index (χ0) is 15.7. The number of hydrogen-bond acceptors (Lipinski definition) is 6. The minimum absolute atomic E-state index is 0.0444. The van der Waals surface area contributed by atoms with E-state index in [1.165, 1.54) is 25.3 Å². The third kappa shape index (κ3) is 2.52. The second kappa shape index (κ2) is 5.41. The van der Waals surface area contributed by atoms with Gasteiger partial charge < -0.3 is 15.6 Å². The zero-order valence-corrected chi connectivity index (χ0v) is 12.1. The van der Waals surface area contributed by atoms with Crippen molar-refractivity contribution in [2.24, 2.45) is 0 Å². The molecule has 0 saturated carbocycles. The van der Waals surface area contributed by atoms with Gasteiger partial charge in [0.2, 0.25) is 0 Å². The number of carboxylic acids is 1. The molecule has 0 aliphatic rings. The van der Waals surface area contributed by atoms with Crippen molar-refractivity contribution in [1.82, 2.24) is 0 Å². The van der Waals surface area contributed by atoms with E-state index in [1.807, 2.05) is 0 Å². The Bertz CT molecular complexity index is 738. The second-order valence-corrected chi connectivity index (χ2v) is 5.27. The van der Waals surface area contributed by atoms with Crippen LogP contribution in [0.4, 0.5) is 11.4 Å². The van der Waals surface area contributed by atoms with E-state index in [0.29, 0.717) is 21.8 Å². The normalized spacial score (nSPS) is 10.4. The molecule has 0 bridgehead atoms. The highest BCUT2D eigenvalue weighted by Gasteiger charge is 2.22. The van der Waals surface area contributed by atoms with Crippen LogP contribution in [0.25, 0.3) is 10.4 Å². The monoisotopic (exact) mass is 308 g/mol. The predicted octanol–water partition coefficient (Wildman–Crippen LogP) is 2.92. The number of rotatable bonds is 4. The number of non-ortho nitro benzene ring substituents is 1. The molecule has 110 valence electrons. The molecular formula is C13H12N2O5S. The Morgan fingerprint density at radius 3 is 2.62 bits per heavy atom. The van der Waals surface area contributed by atoms with Gasteiger partial charge in [-0.15, -0.1) is 11.3 Å². The van der Waals surface area contributed by atoms with Crippen molar-refractivity contribution in [3.05, 3.63) is 38.8 Å². The first-order valence-electron chi connectivity index (χ1n) is 5.81. The fraction of sp³-hybridized carbons (Fsp3) is 0.154. The van der Waals surface area contributed by atoms with Crippen molar-refractivity contribution < 1.29 is 19.6 Å². The average Bonchev–Trinajstić information content (AvgIpc) is 2.74. The highest BCUT2D eigenvalue weighted by atomic mass is 32.1. The third-order valence-electron chi connectivity index (χ3n) is 3.03. The van der Waals surface area contributed by atoms with Crippen LogP contribution < -0.4 is 10.5 Å². The molecule has 21 heavy (non-hydrogen) atoms. The molecule has 7 nitrogen and oxygen atoms in total. The van der Waals surface area contributed by atoms with Gasteiger partial charge in [-0.05, 0) is 18.6 Å². The standard InChI is InChI=1S/C13H12N2O5S/c1-6-10(14)12(13(16)17)21-11(6)8-4-3-7(15(18)19)5-9(8)20-2/h3-5H,14H2,1-2H3,(H,16,17). The van der Waals surface area contributed by atoms with E-state index < -0.39 is 10.9 Å². The fourth-order valence-corrected chi connectivity index (χ4v) is 3.02. The van der Waals surface area contributed by atoms with Crippen molar-refractivity contribution >= 4 is 28.7 Å². The van der Waals surface area contributed by atoms with Gasteiger partial charge in [0.05, 0.1) is 23.8 Å². The number of carboxylic acid groups (broad SMARTS) is 1. The molecule has 0 saturated heterocycles. The number of nitro groups is 1. The van der Waals surface area contributed by atoms with Gasteiger partial charge in [-0.2, -0.15) is 0 Å². The highest BCUT2D eigenvalue weighted by molar-refractivity contribution is 7.18. The number of carbonyl (C=O) groups is 1. The number of benzene rings is 1. The number of methoxy groups -OCH3 is 1. The van der Waals surface area contributed by atoms with E-state index in [4.69, 9.17) is 15.6 Å². The topological polar surface area (TPSA) is 116 Å². The van der Waals surface area contributed by atoms with Crippen molar-refractivity contribution in [3.63, 3.8) is 0 Å². The van der Waals surface area contributed by atoms with E-state index in [2.05, 4.69) is 0 Å². The summed E-state index contributed by atoms with van der Waals surface area (Å²) in [4.78, 5) is 22.1. The molecule has 0 unspecified atom stereocenters. The van der Waals surface area contributed by atoms with E-state index in [0.717, 1.165) is 11.3 Å². The van der Waals surface area contributed by atoms with Crippen molar-refractivity contribution in [3.8, 4) is 16.2 Å². The number of aromatic carboxylic acids is 1. The Labute approximate surface area is 123 Å². The Kier molecular flexibility index (Phi) is 3.81. The summed E-state index contributed by atoms with van der Waals surface area (Å²) < 4.78 is 5.17. The lowest BCUT2D eigenvalue weighted by atomic mass is 10.1. The van der Waals surface area contributed by atoms with E-state index in [-0.39, 0.29) is 16.3 Å². The van der Waals surface area contributed by atoms with Crippen molar-refractivity contribution in [2.45, 2.75) is 6.92 Å². The van der Waals surface area contributed by atoms with Crippen LogP contribution >= 0.6 is 11.3 Å². The van der Waals surface area contributed by atoms with Gasteiger partial charge in [0, 0.05) is 16.5 Å². The fourth-order valence-electron chi connectivity index (χ4n) is 1.92. The van der Waals surface area contributed by atoms with Crippen LogP contribution in [0.2, 0.25) is 0 Å². The predicted molar refractivity (Wildman–Crippen MR) is 79.1 cm³/mol. The molecular weight excluding hydrogens is 296 g/mol. The van der Waals surface area contributed by atoms with Crippen molar-refractivity contribution in [1.29, 1.82) is 0 Å². The van der Waals surface area contributed by atoms with Crippen LogP contribution in [0.15, 0.2) is 18.2 Å². The molecule has 0 aliphatic heterocycles. The van der Waals surface area contributed by atoms with Crippen LogP contribution in [-0.2, 0) is 0 Å². The van der Waals surface area contributed by atoms with Crippen molar-refractivity contribution in [2.75, 3.05) is 12.8 Å². The molecule has 1 aromatic carbocycles. The lowest BCUT2D eigenvalue weighted by Crippen LogP contribution is -1.97. The molecule has 1 heterocycles. The average molecular weight is 308 g/mol. The van der Waals surface area contributed by atoms with Crippen LogP contribution in [0.3, 0.4) is 0 Å². The molecule has 1 aromatic heterocycles. The van der Waals surface area contributed by atoms with Gasteiger partial charge in [0.25, 0.3) is 5.69 Å². The van der Waals surface area contributed by atoms with Crippen LogP contribution in [-0.4, -0.2) is 23.1 Å². The summed E-state index contributed by atoms with van der Waals surface area (Å²) in [6.45, 7) is 1.70. The quantitative estimate of drug-likeness (QED) is 0.662. The summed E-state index contributed by atoms with van der Waals surface area (Å²) in [6, 6.07) is 4.17. The molecule has 0 radical (unpaired) electrons. The number of ether oxygens (including phenoxy) is 1. The minimum Gasteiger partial charge on any atom is -0.496 e. The van der Waals surface area contributed by atoms with E-state index in [1.54, 1.807) is 6.92 Å². The lowest BCUT2D eigenvalue weighted by Gasteiger charge is -2.07. The molecule has 0 atom stereocenters. The van der Waals surface area contributed by atoms with Crippen LogP contribution in [0.5, 0.6) is 5.75 Å². The zero-order valence-electron chi connectivity index (χ0n) is 11.2. The molecule has 8 heteroatoms. The van der Waals surface area contributed by atoms with Gasteiger partial charge in [-0.25, -0.2) is 4.79 Å². The molecule has 0 amide bonds. The van der Waals surface area contributed by atoms with Gasteiger partial charge in [0.1, 0.15) is 10.6 Å². The maximum Gasteiger partial charge on any atom is 0.348 e. The summed E-state index contributed by atoms with van der Waals surface area (Å²) in [5, 5.41) is 19.9. The lowest BCUT2D eigenvalue weighted by molar-refractivity contribution is -0.384. The summed E-state index contributed by atoms with van der Waals surface area (Å²) >= 11 is 1.02. The number of nitrogens with two attached hydrogens (primary N) is 1. The second-order valence-electron chi connectivity index (χ2n) is 4.25. The molecule has 3 N–H and O–H groups in total.